The molecular formula is C16H30N2. The summed E-state index contributed by atoms with van der Waals surface area (Å²) >= 11 is 0. The van der Waals surface area contributed by atoms with E-state index in [0.29, 0.717) is 5.92 Å². The smallest absolute Gasteiger partial charge is 0.103 e. The molecule has 1 rings (SSSR count). The molecule has 1 heterocycles. The van der Waals surface area contributed by atoms with E-state index in [9.17, 15) is 0 Å². The minimum absolute atomic E-state index is 0.521. The topological polar surface area (TPSA) is 24.4 Å². The maximum absolute atomic E-state index is 4.51. The third-order valence-corrected chi connectivity index (χ3v) is 3.58. The van der Waals surface area contributed by atoms with Crippen molar-refractivity contribution in [1.82, 2.24) is 5.32 Å². The molecule has 2 nitrogen and oxygen atoms in total. The summed E-state index contributed by atoms with van der Waals surface area (Å²) in [6.07, 6.45) is 15.4. The van der Waals surface area contributed by atoms with Gasteiger partial charge in [-0.25, -0.2) is 0 Å². The van der Waals surface area contributed by atoms with Gasteiger partial charge in [-0.3, -0.25) is 4.99 Å². The molecule has 0 radical (unpaired) electrons. The number of amidine groups is 1. The standard InChI is InChI=1S/C16H30N2/c1-3-5-6-7-8-9-10-11-12-15(4-2)16-17-13-14-18-16/h11-12,15H,3-10,13-14H2,1-2H3,(H,17,18). The minimum atomic E-state index is 0.521. The van der Waals surface area contributed by atoms with E-state index in [2.05, 4.69) is 36.3 Å². The summed E-state index contributed by atoms with van der Waals surface area (Å²) in [5.41, 5.74) is 0. The Bertz CT molecular complexity index is 256. The molecule has 0 saturated heterocycles. The number of nitrogens with one attached hydrogen (secondary N) is 1. The number of allylic oxidation sites excluding steroid dienone is 1. The quantitative estimate of drug-likeness (QED) is 0.453. The van der Waals surface area contributed by atoms with Crippen LogP contribution in [0, 0.1) is 5.92 Å². The summed E-state index contributed by atoms with van der Waals surface area (Å²) in [5, 5.41) is 3.38. The highest BCUT2D eigenvalue weighted by atomic mass is 15.1. The van der Waals surface area contributed by atoms with Crippen LogP contribution in [0.1, 0.15) is 65.2 Å². The van der Waals surface area contributed by atoms with Crippen molar-refractivity contribution in [3.05, 3.63) is 12.2 Å². The van der Waals surface area contributed by atoms with Gasteiger partial charge in [0.05, 0.1) is 6.54 Å². The maximum atomic E-state index is 4.51. The van der Waals surface area contributed by atoms with Crippen molar-refractivity contribution in [1.29, 1.82) is 0 Å². The van der Waals surface area contributed by atoms with Crippen LogP contribution in [-0.4, -0.2) is 18.9 Å². The van der Waals surface area contributed by atoms with E-state index in [0.717, 1.165) is 19.5 Å². The Morgan fingerprint density at radius 2 is 1.94 bits per heavy atom. The zero-order valence-electron chi connectivity index (χ0n) is 12.3. The molecule has 104 valence electrons. The van der Waals surface area contributed by atoms with Gasteiger partial charge in [-0.15, -0.1) is 0 Å². The first-order valence-electron chi connectivity index (χ1n) is 7.83. The molecule has 1 atom stereocenters. The molecule has 0 aromatic heterocycles. The van der Waals surface area contributed by atoms with Gasteiger partial charge in [0.2, 0.25) is 0 Å². The van der Waals surface area contributed by atoms with Gasteiger partial charge < -0.3 is 5.32 Å². The van der Waals surface area contributed by atoms with Crippen LogP contribution in [0.5, 0.6) is 0 Å². The van der Waals surface area contributed by atoms with Gasteiger partial charge >= 0.3 is 0 Å². The van der Waals surface area contributed by atoms with Crippen LogP contribution in [0.3, 0.4) is 0 Å². The van der Waals surface area contributed by atoms with E-state index in [1.54, 1.807) is 0 Å². The Kier molecular flexibility index (Phi) is 8.62. The highest BCUT2D eigenvalue weighted by Crippen LogP contribution is 2.11. The molecule has 0 amide bonds. The van der Waals surface area contributed by atoms with Crippen molar-refractivity contribution in [2.45, 2.75) is 65.2 Å². The van der Waals surface area contributed by atoms with Crippen molar-refractivity contribution in [2.75, 3.05) is 13.1 Å². The van der Waals surface area contributed by atoms with Crippen molar-refractivity contribution in [3.63, 3.8) is 0 Å². The minimum Gasteiger partial charge on any atom is -0.371 e. The average Bonchev–Trinajstić information content (AvgIpc) is 2.91. The van der Waals surface area contributed by atoms with Crippen LogP contribution in [0.15, 0.2) is 17.1 Å². The van der Waals surface area contributed by atoms with E-state index in [-0.39, 0.29) is 0 Å². The lowest BCUT2D eigenvalue weighted by atomic mass is 10.0. The zero-order chi connectivity index (χ0) is 13.1. The summed E-state index contributed by atoms with van der Waals surface area (Å²) in [4.78, 5) is 4.51. The van der Waals surface area contributed by atoms with Gasteiger partial charge in [0.25, 0.3) is 0 Å². The van der Waals surface area contributed by atoms with E-state index in [4.69, 9.17) is 0 Å². The number of rotatable bonds is 10. The molecule has 0 fully saturated rings. The molecule has 1 N–H and O–H groups in total. The van der Waals surface area contributed by atoms with E-state index in [1.165, 1.54) is 50.8 Å². The summed E-state index contributed by atoms with van der Waals surface area (Å²) < 4.78 is 0. The molecule has 0 saturated carbocycles. The fourth-order valence-corrected chi connectivity index (χ4v) is 2.39. The highest BCUT2D eigenvalue weighted by molar-refractivity contribution is 5.87. The first-order chi connectivity index (χ1) is 8.88. The van der Waals surface area contributed by atoms with E-state index < -0.39 is 0 Å². The van der Waals surface area contributed by atoms with Gasteiger partial charge in [0.1, 0.15) is 5.84 Å². The molecule has 0 aromatic rings. The lowest BCUT2D eigenvalue weighted by molar-refractivity contribution is 0.610. The number of unbranched alkanes of at least 4 members (excludes halogenated alkanes) is 6. The predicted molar refractivity (Wildman–Crippen MR) is 81.2 cm³/mol. The molecule has 1 unspecified atom stereocenters. The monoisotopic (exact) mass is 250 g/mol. The number of hydrogen-bond donors (Lipinski definition) is 1. The molecular weight excluding hydrogens is 220 g/mol. The lowest BCUT2D eigenvalue weighted by Gasteiger charge is -2.10. The Balaban J connectivity index is 2.07. The molecule has 0 aromatic carbocycles. The highest BCUT2D eigenvalue weighted by Gasteiger charge is 2.13. The molecule has 0 aliphatic carbocycles. The SMILES string of the molecule is CCCCCCCCC=CC(CC)C1=NCCN1. The van der Waals surface area contributed by atoms with Gasteiger partial charge in [-0.05, 0) is 19.3 Å². The maximum Gasteiger partial charge on any atom is 0.103 e. The van der Waals surface area contributed by atoms with Crippen LogP contribution in [0.25, 0.3) is 0 Å². The van der Waals surface area contributed by atoms with Gasteiger partial charge in [0.15, 0.2) is 0 Å². The van der Waals surface area contributed by atoms with Gasteiger partial charge in [0, 0.05) is 12.5 Å². The fourth-order valence-electron chi connectivity index (χ4n) is 2.39. The molecule has 18 heavy (non-hydrogen) atoms. The number of nitrogens with zero attached hydrogens (tertiary/aromatic N) is 1. The second-order valence-corrected chi connectivity index (χ2v) is 5.19. The molecule has 1 aliphatic heterocycles. The second kappa shape index (κ2) is 10.2. The third kappa shape index (κ3) is 6.23. The lowest BCUT2D eigenvalue weighted by Crippen LogP contribution is -2.25. The van der Waals surface area contributed by atoms with Crippen LogP contribution < -0.4 is 5.32 Å². The molecule has 0 spiro atoms. The predicted octanol–water partition coefficient (Wildman–Crippen LogP) is 4.32. The Morgan fingerprint density at radius 3 is 2.61 bits per heavy atom. The van der Waals surface area contributed by atoms with Crippen LogP contribution >= 0.6 is 0 Å². The van der Waals surface area contributed by atoms with Gasteiger partial charge in [-0.1, -0.05) is 58.1 Å². The molecule has 0 bridgehead atoms. The summed E-state index contributed by atoms with van der Waals surface area (Å²) in [7, 11) is 0. The Hall–Kier alpha value is -0.790. The number of aliphatic imine (C=N–C) groups is 1. The first kappa shape index (κ1) is 15.3. The van der Waals surface area contributed by atoms with Crippen LogP contribution in [-0.2, 0) is 0 Å². The summed E-state index contributed by atoms with van der Waals surface area (Å²) in [6, 6.07) is 0. The van der Waals surface area contributed by atoms with Gasteiger partial charge in [-0.2, -0.15) is 0 Å². The van der Waals surface area contributed by atoms with E-state index in [1.807, 2.05) is 0 Å². The number of hydrogen-bond acceptors (Lipinski definition) is 2. The Morgan fingerprint density at radius 1 is 1.17 bits per heavy atom. The van der Waals surface area contributed by atoms with Crippen molar-refractivity contribution >= 4 is 5.84 Å². The van der Waals surface area contributed by atoms with Crippen molar-refractivity contribution in [2.24, 2.45) is 10.9 Å². The Labute approximate surface area is 113 Å². The molecule has 2 heteroatoms. The zero-order valence-corrected chi connectivity index (χ0v) is 12.3. The summed E-state index contributed by atoms with van der Waals surface area (Å²) in [6.45, 7) is 6.49. The summed E-state index contributed by atoms with van der Waals surface area (Å²) in [5.74, 6) is 1.73. The fraction of sp³-hybridized carbons (Fsp3) is 0.812. The molecule has 1 aliphatic rings. The van der Waals surface area contributed by atoms with Crippen molar-refractivity contribution < 1.29 is 0 Å². The van der Waals surface area contributed by atoms with Crippen molar-refractivity contribution in [3.8, 4) is 0 Å². The van der Waals surface area contributed by atoms with Crippen LogP contribution in [0.4, 0.5) is 0 Å². The third-order valence-electron chi connectivity index (χ3n) is 3.58. The largest absolute Gasteiger partial charge is 0.371 e. The normalized spacial score (nSPS) is 16.9. The first-order valence-corrected chi connectivity index (χ1v) is 7.83. The second-order valence-electron chi connectivity index (χ2n) is 5.19. The van der Waals surface area contributed by atoms with E-state index >= 15 is 0 Å². The average molecular weight is 250 g/mol. The van der Waals surface area contributed by atoms with Crippen LogP contribution in [0.2, 0.25) is 0 Å².